The molecule has 3 aromatic rings. The predicted octanol–water partition coefficient (Wildman–Crippen LogP) is 3.53. The fourth-order valence-electron chi connectivity index (χ4n) is 2.54. The molecule has 3 heterocycles. The van der Waals surface area contributed by atoms with Gasteiger partial charge in [0, 0.05) is 13.1 Å². The zero-order valence-corrected chi connectivity index (χ0v) is 15.0. The number of hydrogen-bond donors (Lipinski definition) is 0. The number of fused-ring (bicyclic) bond motifs is 1. The Balaban J connectivity index is 1.51. The fourth-order valence-corrected chi connectivity index (χ4v) is 2.54. The Morgan fingerprint density at radius 2 is 2.00 bits per heavy atom. The van der Waals surface area contributed by atoms with E-state index in [-0.39, 0.29) is 0 Å². The second-order valence-corrected chi connectivity index (χ2v) is 5.96. The fraction of sp³-hybridized carbons (Fsp3) is 0.150. The molecule has 7 nitrogen and oxygen atoms in total. The number of ether oxygens (including phenoxy) is 2. The van der Waals surface area contributed by atoms with Crippen molar-refractivity contribution in [3.8, 4) is 11.5 Å². The second-order valence-electron chi connectivity index (χ2n) is 5.96. The average Bonchev–Trinajstić information content (AvgIpc) is 3.12. The van der Waals surface area contributed by atoms with Gasteiger partial charge in [-0.05, 0) is 36.4 Å². The summed E-state index contributed by atoms with van der Waals surface area (Å²) in [5, 5.41) is 6.08. The van der Waals surface area contributed by atoms with Crippen molar-refractivity contribution >= 4 is 16.8 Å². The quantitative estimate of drug-likeness (QED) is 0.691. The van der Waals surface area contributed by atoms with Crippen molar-refractivity contribution in [2.75, 3.05) is 14.2 Å². The van der Waals surface area contributed by atoms with E-state index in [1.807, 2.05) is 49.5 Å². The minimum atomic E-state index is 0.350. The van der Waals surface area contributed by atoms with Gasteiger partial charge in [0.2, 0.25) is 5.89 Å². The van der Waals surface area contributed by atoms with Gasteiger partial charge in [0.05, 0.1) is 24.7 Å². The second kappa shape index (κ2) is 6.95. The molecule has 0 fully saturated rings. The molecule has 0 atom stereocenters. The Labute approximate surface area is 156 Å². The monoisotopic (exact) mass is 362 g/mol. The van der Waals surface area contributed by atoms with Crippen LogP contribution in [0, 0.1) is 0 Å². The van der Waals surface area contributed by atoms with Gasteiger partial charge in [0.15, 0.2) is 5.58 Å². The number of rotatable bonds is 5. The molecule has 7 heteroatoms. The third-order valence-electron chi connectivity index (χ3n) is 4.11. The van der Waals surface area contributed by atoms with Crippen molar-refractivity contribution in [1.82, 2.24) is 15.0 Å². The van der Waals surface area contributed by atoms with Crippen molar-refractivity contribution in [1.29, 1.82) is 0 Å². The van der Waals surface area contributed by atoms with Gasteiger partial charge < -0.3 is 13.9 Å². The van der Waals surface area contributed by atoms with E-state index in [9.17, 15) is 0 Å². The lowest BCUT2D eigenvalue weighted by atomic mass is 10.2. The van der Waals surface area contributed by atoms with Gasteiger partial charge in [-0.2, -0.15) is 5.10 Å². The minimum Gasteiger partial charge on any atom is -0.495 e. The van der Waals surface area contributed by atoms with Crippen molar-refractivity contribution in [2.45, 2.75) is 6.61 Å². The lowest BCUT2D eigenvalue weighted by Gasteiger charge is -2.17. The molecular weight excluding hydrogens is 344 g/mol. The van der Waals surface area contributed by atoms with Gasteiger partial charge >= 0.3 is 0 Å². The standard InChI is InChI=1S/C20H18N4O3/c1-13-4-8-17(23-24(13)2)20-22-18-10-15(7-9-19(18)27-20)26-12-14-5-6-16(25-3)11-21-14/h4-11H,1,12H2,2-3H3. The smallest absolute Gasteiger partial charge is 0.248 e. The Morgan fingerprint density at radius 1 is 1.15 bits per heavy atom. The summed E-state index contributed by atoms with van der Waals surface area (Å²) in [6.07, 6.45) is 5.36. The first-order chi connectivity index (χ1) is 13.1. The molecule has 0 aliphatic carbocycles. The molecule has 0 bridgehead atoms. The van der Waals surface area contributed by atoms with E-state index >= 15 is 0 Å². The van der Waals surface area contributed by atoms with E-state index in [0.29, 0.717) is 40.8 Å². The van der Waals surface area contributed by atoms with E-state index in [0.717, 1.165) is 11.4 Å². The molecule has 136 valence electrons. The number of hydrazone groups is 1. The highest BCUT2D eigenvalue weighted by Crippen LogP contribution is 2.24. The molecule has 0 amide bonds. The van der Waals surface area contributed by atoms with E-state index in [4.69, 9.17) is 13.9 Å². The van der Waals surface area contributed by atoms with Crippen LogP contribution in [0.1, 0.15) is 11.6 Å². The van der Waals surface area contributed by atoms with Gasteiger partial charge in [-0.15, -0.1) is 0 Å². The van der Waals surface area contributed by atoms with Crippen LogP contribution in [0.5, 0.6) is 11.5 Å². The van der Waals surface area contributed by atoms with Crippen LogP contribution in [0.25, 0.3) is 11.1 Å². The zero-order chi connectivity index (χ0) is 18.8. The molecule has 27 heavy (non-hydrogen) atoms. The number of nitrogens with zero attached hydrogens (tertiary/aromatic N) is 4. The first kappa shape index (κ1) is 16.8. The molecule has 4 rings (SSSR count). The highest BCUT2D eigenvalue weighted by atomic mass is 16.5. The van der Waals surface area contributed by atoms with Crippen molar-refractivity contribution < 1.29 is 13.9 Å². The van der Waals surface area contributed by atoms with Crippen molar-refractivity contribution in [3.63, 3.8) is 0 Å². The van der Waals surface area contributed by atoms with Crippen LogP contribution in [-0.4, -0.2) is 34.8 Å². The van der Waals surface area contributed by atoms with Crippen LogP contribution in [0.2, 0.25) is 0 Å². The first-order valence-electron chi connectivity index (χ1n) is 8.34. The molecule has 0 N–H and O–H groups in total. The Bertz CT molecular complexity index is 1050. The zero-order valence-electron chi connectivity index (χ0n) is 15.0. The summed E-state index contributed by atoms with van der Waals surface area (Å²) in [6.45, 7) is 4.23. The lowest BCUT2D eigenvalue weighted by molar-refractivity contribution is 0.301. The van der Waals surface area contributed by atoms with Gasteiger partial charge in [-0.25, -0.2) is 4.98 Å². The number of hydrogen-bond acceptors (Lipinski definition) is 7. The van der Waals surface area contributed by atoms with Crippen LogP contribution < -0.4 is 9.47 Å². The highest BCUT2D eigenvalue weighted by molar-refractivity contribution is 6.07. The summed E-state index contributed by atoms with van der Waals surface area (Å²) in [7, 11) is 3.44. The molecule has 0 saturated heterocycles. The van der Waals surface area contributed by atoms with Crippen LogP contribution >= 0.6 is 0 Å². The third kappa shape index (κ3) is 3.52. The minimum absolute atomic E-state index is 0.350. The largest absolute Gasteiger partial charge is 0.495 e. The molecular formula is C20H18N4O3. The topological polar surface area (TPSA) is 73.0 Å². The number of aromatic nitrogens is 2. The summed E-state index contributed by atoms with van der Waals surface area (Å²) >= 11 is 0. The lowest BCUT2D eigenvalue weighted by Crippen LogP contribution is -2.16. The average molecular weight is 362 g/mol. The number of pyridine rings is 1. The van der Waals surface area contributed by atoms with Crippen molar-refractivity contribution in [3.05, 3.63) is 72.5 Å². The maximum absolute atomic E-state index is 5.81. The van der Waals surface area contributed by atoms with Crippen LogP contribution in [0.3, 0.4) is 0 Å². The Hall–Kier alpha value is -3.61. The van der Waals surface area contributed by atoms with E-state index < -0.39 is 0 Å². The van der Waals surface area contributed by atoms with Gasteiger partial charge in [-0.3, -0.25) is 9.99 Å². The molecule has 0 saturated carbocycles. The summed E-state index contributed by atoms with van der Waals surface area (Å²) < 4.78 is 16.7. The van der Waals surface area contributed by atoms with Crippen LogP contribution in [0.15, 0.2) is 70.5 Å². The van der Waals surface area contributed by atoms with Gasteiger partial charge in [0.1, 0.15) is 29.3 Å². The molecule has 2 aromatic heterocycles. The number of oxazole rings is 1. The summed E-state index contributed by atoms with van der Waals surface area (Å²) in [6, 6.07) is 9.22. The van der Waals surface area contributed by atoms with Crippen molar-refractivity contribution in [2.24, 2.45) is 5.10 Å². The molecule has 0 spiro atoms. The molecule has 0 unspecified atom stereocenters. The molecule has 1 aliphatic rings. The van der Waals surface area contributed by atoms with E-state index in [1.165, 1.54) is 0 Å². The number of allylic oxidation sites excluding steroid dienone is 2. The van der Waals surface area contributed by atoms with E-state index in [2.05, 4.69) is 21.6 Å². The van der Waals surface area contributed by atoms with Gasteiger partial charge in [-0.1, -0.05) is 6.58 Å². The van der Waals surface area contributed by atoms with Crippen LogP contribution in [-0.2, 0) is 6.61 Å². The maximum Gasteiger partial charge on any atom is 0.248 e. The number of methoxy groups -OCH3 is 1. The first-order valence-corrected chi connectivity index (χ1v) is 8.34. The SMILES string of the molecule is C=C1C=CC(c2nc3cc(OCc4ccc(OC)cn4)ccc3o2)=NN1C. The molecule has 1 aliphatic heterocycles. The number of likely N-dealkylation sites (N-methyl/N-ethyl adjacent to an activating group) is 1. The van der Waals surface area contributed by atoms with Gasteiger partial charge in [0.25, 0.3) is 0 Å². The summed E-state index contributed by atoms with van der Waals surface area (Å²) in [5.41, 5.74) is 3.63. The maximum atomic E-state index is 5.81. The Morgan fingerprint density at radius 3 is 2.74 bits per heavy atom. The summed E-state index contributed by atoms with van der Waals surface area (Å²) in [4.78, 5) is 8.80. The Kier molecular flexibility index (Phi) is 4.33. The van der Waals surface area contributed by atoms with Crippen LogP contribution in [0.4, 0.5) is 0 Å². The normalized spacial score (nSPS) is 13.8. The molecule has 1 aromatic carbocycles. The molecule has 0 radical (unpaired) electrons. The highest BCUT2D eigenvalue weighted by Gasteiger charge is 2.15. The third-order valence-corrected chi connectivity index (χ3v) is 4.11. The predicted molar refractivity (Wildman–Crippen MR) is 102 cm³/mol. The summed E-state index contributed by atoms with van der Waals surface area (Å²) in [5.74, 6) is 1.85. The number of benzene rings is 1. The van der Waals surface area contributed by atoms with E-state index in [1.54, 1.807) is 18.3 Å².